The maximum absolute atomic E-state index is 13.2. The van der Waals surface area contributed by atoms with Crippen molar-refractivity contribution in [3.63, 3.8) is 0 Å². The summed E-state index contributed by atoms with van der Waals surface area (Å²) >= 11 is 0. The molecular weight excluding hydrogens is 273 g/mol. The van der Waals surface area contributed by atoms with Crippen molar-refractivity contribution in [2.45, 2.75) is 13.5 Å². The molecule has 4 nitrogen and oxygen atoms in total. The van der Waals surface area contributed by atoms with Crippen molar-refractivity contribution in [3.8, 4) is 5.75 Å². The maximum atomic E-state index is 13.2. The molecule has 0 aliphatic rings. The summed E-state index contributed by atoms with van der Waals surface area (Å²) in [5.74, 6) is -1.42. The van der Waals surface area contributed by atoms with Crippen LogP contribution >= 0.6 is 0 Å². The van der Waals surface area contributed by atoms with E-state index in [1.807, 2.05) is 0 Å². The Labute approximate surface area is 122 Å². The highest BCUT2D eigenvalue weighted by molar-refractivity contribution is 5.90. The largest absolute Gasteiger partial charge is 0.505 e. The molecule has 0 bridgehead atoms. The Balaban J connectivity index is 2.08. The quantitative estimate of drug-likeness (QED) is 0.829. The number of nitrogens with one attached hydrogen (secondary N) is 1. The van der Waals surface area contributed by atoms with Gasteiger partial charge in [0.15, 0.2) is 11.6 Å². The van der Waals surface area contributed by atoms with E-state index in [0.717, 1.165) is 0 Å². The number of halogens is 1. The standard InChI is InChI=1S/C16H16FNO3/c1-2-21-16(20)11-5-3-7-13(9-11)18-10-12-6-4-8-14(17)15(12)19/h3-9,18-19H,2,10H2,1H3. The molecule has 0 amide bonds. The number of hydrogen-bond acceptors (Lipinski definition) is 4. The molecule has 5 heteroatoms. The van der Waals surface area contributed by atoms with Gasteiger partial charge in [-0.15, -0.1) is 0 Å². The average molecular weight is 289 g/mol. The molecule has 2 aromatic carbocycles. The Morgan fingerprint density at radius 2 is 2.05 bits per heavy atom. The highest BCUT2D eigenvalue weighted by Crippen LogP contribution is 2.22. The lowest BCUT2D eigenvalue weighted by atomic mass is 10.1. The van der Waals surface area contributed by atoms with Crippen LogP contribution in [0.2, 0.25) is 0 Å². The van der Waals surface area contributed by atoms with Crippen LogP contribution in [0.25, 0.3) is 0 Å². The van der Waals surface area contributed by atoms with Crippen LogP contribution in [-0.4, -0.2) is 17.7 Å². The van der Waals surface area contributed by atoms with Gasteiger partial charge in [0.25, 0.3) is 0 Å². The molecule has 0 atom stereocenters. The monoisotopic (exact) mass is 289 g/mol. The molecule has 0 aromatic heterocycles. The zero-order valence-corrected chi connectivity index (χ0v) is 11.6. The first-order chi connectivity index (χ1) is 10.1. The summed E-state index contributed by atoms with van der Waals surface area (Å²) in [5.41, 5.74) is 1.56. The summed E-state index contributed by atoms with van der Waals surface area (Å²) in [6, 6.07) is 11.2. The van der Waals surface area contributed by atoms with Gasteiger partial charge in [-0.3, -0.25) is 0 Å². The molecule has 2 aromatic rings. The van der Waals surface area contributed by atoms with Gasteiger partial charge in [0.1, 0.15) is 0 Å². The van der Waals surface area contributed by atoms with Crippen molar-refractivity contribution in [2.24, 2.45) is 0 Å². The van der Waals surface area contributed by atoms with Crippen molar-refractivity contribution in [1.29, 1.82) is 0 Å². The fraction of sp³-hybridized carbons (Fsp3) is 0.188. The summed E-state index contributed by atoms with van der Waals surface area (Å²) in [5, 5.41) is 12.6. The third-order valence-electron chi connectivity index (χ3n) is 2.93. The normalized spacial score (nSPS) is 10.2. The number of esters is 1. The highest BCUT2D eigenvalue weighted by atomic mass is 19.1. The molecule has 2 N–H and O–H groups in total. The summed E-state index contributed by atoms with van der Waals surface area (Å²) in [4.78, 5) is 11.6. The van der Waals surface area contributed by atoms with Gasteiger partial charge in [0, 0.05) is 17.8 Å². The fourth-order valence-electron chi connectivity index (χ4n) is 1.87. The lowest BCUT2D eigenvalue weighted by Gasteiger charge is -2.10. The van der Waals surface area contributed by atoms with Crippen molar-refractivity contribution < 1.29 is 19.0 Å². The van der Waals surface area contributed by atoms with Gasteiger partial charge in [-0.05, 0) is 31.2 Å². The summed E-state index contributed by atoms with van der Waals surface area (Å²) in [6.45, 7) is 2.30. The molecular formula is C16H16FNO3. The van der Waals surface area contributed by atoms with Gasteiger partial charge in [-0.2, -0.15) is 0 Å². The molecule has 0 unspecified atom stereocenters. The summed E-state index contributed by atoms with van der Waals surface area (Å²) < 4.78 is 18.1. The van der Waals surface area contributed by atoms with E-state index in [-0.39, 0.29) is 12.3 Å². The van der Waals surface area contributed by atoms with E-state index < -0.39 is 11.8 Å². The smallest absolute Gasteiger partial charge is 0.338 e. The lowest BCUT2D eigenvalue weighted by Crippen LogP contribution is -2.06. The Morgan fingerprint density at radius 1 is 1.29 bits per heavy atom. The lowest BCUT2D eigenvalue weighted by molar-refractivity contribution is 0.0526. The molecule has 21 heavy (non-hydrogen) atoms. The highest BCUT2D eigenvalue weighted by Gasteiger charge is 2.08. The Kier molecular flexibility index (Phi) is 4.77. The number of rotatable bonds is 5. The van der Waals surface area contributed by atoms with Crippen LogP contribution in [0, 0.1) is 5.82 Å². The third-order valence-corrected chi connectivity index (χ3v) is 2.93. The second kappa shape index (κ2) is 6.74. The maximum Gasteiger partial charge on any atom is 0.338 e. The van der Waals surface area contributed by atoms with Crippen LogP contribution in [0.3, 0.4) is 0 Å². The van der Waals surface area contributed by atoms with Gasteiger partial charge in [-0.1, -0.05) is 18.2 Å². The van der Waals surface area contributed by atoms with Gasteiger partial charge >= 0.3 is 5.97 Å². The number of aromatic hydroxyl groups is 1. The van der Waals surface area contributed by atoms with Crippen molar-refractivity contribution in [3.05, 3.63) is 59.4 Å². The number of benzene rings is 2. The molecule has 0 aliphatic carbocycles. The zero-order chi connectivity index (χ0) is 15.2. The minimum absolute atomic E-state index is 0.246. The number of hydrogen-bond donors (Lipinski definition) is 2. The van der Waals surface area contributed by atoms with E-state index in [2.05, 4.69) is 5.32 Å². The first-order valence-electron chi connectivity index (χ1n) is 6.59. The van der Waals surface area contributed by atoms with Gasteiger partial charge in [0.05, 0.1) is 12.2 Å². The molecule has 0 heterocycles. The number of phenols is 1. The molecule has 2 rings (SSSR count). The van der Waals surface area contributed by atoms with Crippen LogP contribution in [0.15, 0.2) is 42.5 Å². The number of phenolic OH excluding ortho intramolecular Hbond substituents is 1. The third kappa shape index (κ3) is 3.72. The Bertz CT molecular complexity index is 643. The predicted octanol–water partition coefficient (Wildman–Crippen LogP) is 3.32. The molecule has 0 aliphatic heterocycles. The van der Waals surface area contributed by atoms with Crippen LogP contribution in [0.5, 0.6) is 5.75 Å². The minimum atomic E-state index is -0.658. The van der Waals surface area contributed by atoms with Gasteiger partial charge in [0.2, 0.25) is 0 Å². The topological polar surface area (TPSA) is 58.6 Å². The summed E-state index contributed by atoms with van der Waals surface area (Å²) in [6.07, 6.45) is 0. The van der Waals surface area contributed by atoms with E-state index in [9.17, 15) is 14.3 Å². The second-order valence-corrected chi connectivity index (χ2v) is 4.40. The van der Waals surface area contributed by atoms with Crippen molar-refractivity contribution in [1.82, 2.24) is 0 Å². The van der Waals surface area contributed by atoms with E-state index in [0.29, 0.717) is 23.4 Å². The Hall–Kier alpha value is -2.56. The Morgan fingerprint density at radius 3 is 2.81 bits per heavy atom. The van der Waals surface area contributed by atoms with Gasteiger partial charge in [-0.25, -0.2) is 9.18 Å². The molecule has 0 saturated heterocycles. The molecule has 0 radical (unpaired) electrons. The zero-order valence-electron chi connectivity index (χ0n) is 11.6. The molecule has 0 fully saturated rings. The van der Waals surface area contributed by atoms with E-state index >= 15 is 0 Å². The first kappa shape index (κ1) is 14.8. The number of para-hydroxylation sites is 1. The molecule has 0 saturated carbocycles. The number of carbonyl (C=O) groups is 1. The first-order valence-corrected chi connectivity index (χ1v) is 6.59. The van der Waals surface area contributed by atoms with E-state index in [4.69, 9.17) is 4.74 Å². The van der Waals surface area contributed by atoms with Crippen LogP contribution in [0.4, 0.5) is 10.1 Å². The molecule has 110 valence electrons. The second-order valence-electron chi connectivity index (χ2n) is 4.40. The SMILES string of the molecule is CCOC(=O)c1cccc(NCc2cccc(F)c2O)c1. The van der Waals surface area contributed by atoms with E-state index in [1.54, 1.807) is 37.3 Å². The average Bonchev–Trinajstić information content (AvgIpc) is 2.49. The fourth-order valence-corrected chi connectivity index (χ4v) is 1.87. The summed E-state index contributed by atoms with van der Waals surface area (Å²) in [7, 11) is 0. The van der Waals surface area contributed by atoms with Gasteiger partial charge < -0.3 is 15.2 Å². The predicted molar refractivity (Wildman–Crippen MR) is 77.8 cm³/mol. The van der Waals surface area contributed by atoms with E-state index in [1.165, 1.54) is 12.1 Å². The van der Waals surface area contributed by atoms with Crippen molar-refractivity contribution >= 4 is 11.7 Å². The minimum Gasteiger partial charge on any atom is -0.505 e. The van der Waals surface area contributed by atoms with Crippen LogP contribution in [-0.2, 0) is 11.3 Å². The number of carbonyl (C=O) groups excluding carboxylic acids is 1. The van der Waals surface area contributed by atoms with Crippen molar-refractivity contribution in [2.75, 3.05) is 11.9 Å². The molecule has 0 spiro atoms. The van der Waals surface area contributed by atoms with Crippen LogP contribution in [0.1, 0.15) is 22.8 Å². The number of anilines is 1. The van der Waals surface area contributed by atoms with Crippen LogP contribution < -0.4 is 5.32 Å². The number of ether oxygens (including phenoxy) is 1.